The SMILES string of the molecule is CNC(=O)CC[C@@H]1N=C(N)N2CCC(O)(O)[C@@]23NC(N)=N[C@@H]13. The summed E-state index contributed by atoms with van der Waals surface area (Å²) in [5, 5.41) is 26.3. The van der Waals surface area contributed by atoms with E-state index in [0.29, 0.717) is 13.0 Å². The van der Waals surface area contributed by atoms with E-state index in [1.807, 2.05) is 0 Å². The number of amides is 1. The minimum atomic E-state index is -2.05. The number of hydrogen-bond acceptors (Lipinski definition) is 9. The van der Waals surface area contributed by atoms with Gasteiger partial charge in [-0.3, -0.25) is 4.79 Å². The van der Waals surface area contributed by atoms with Gasteiger partial charge in [-0.25, -0.2) is 9.98 Å². The molecule has 0 aliphatic carbocycles. The van der Waals surface area contributed by atoms with Crippen LogP contribution in [-0.2, 0) is 4.79 Å². The van der Waals surface area contributed by atoms with Gasteiger partial charge in [0.25, 0.3) is 0 Å². The van der Waals surface area contributed by atoms with Crippen LogP contribution in [0.1, 0.15) is 19.3 Å². The van der Waals surface area contributed by atoms with Gasteiger partial charge in [-0.05, 0) is 6.42 Å². The van der Waals surface area contributed by atoms with Gasteiger partial charge in [0.1, 0.15) is 6.04 Å². The van der Waals surface area contributed by atoms with E-state index in [-0.39, 0.29) is 30.7 Å². The number of carbonyl (C=O) groups is 1. The summed E-state index contributed by atoms with van der Waals surface area (Å²) in [6.45, 7) is 0.330. The third kappa shape index (κ3) is 1.83. The molecule has 3 atom stereocenters. The lowest BCUT2D eigenvalue weighted by molar-refractivity contribution is -0.221. The molecule has 1 saturated heterocycles. The Hall–Kier alpha value is -2.07. The lowest BCUT2D eigenvalue weighted by Crippen LogP contribution is -2.76. The second kappa shape index (κ2) is 4.71. The summed E-state index contributed by atoms with van der Waals surface area (Å²) >= 11 is 0. The summed E-state index contributed by atoms with van der Waals surface area (Å²) in [7, 11) is 1.56. The Morgan fingerprint density at radius 2 is 2.23 bits per heavy atom. The first kappa shape index (κ1) is 14.9. The predicted octanol–water partition coefficient (Wildman–Crippen LogP) is -3.42. The first-order chi connectivity index (χ1) is 10.3. The largest absolute Gasteiger partial charge is 0.370 e. The Bertz CT molecular complexity index is 561. The molecule has 22 heavy (non-hydrogen) atoms. The molecule has 3 aliphatic heterocycles. The van der Waals surface area contributed by atoms with E-state index in [1.165, 1.54) is 0 Å². The maximum absolute atomic E-state index is 11.5. The van der Waals surface area contributed by atoms with Gasteiger partial charge in [-0.2, -0.15) is 0 Å². The second-order valence-corrected chi connectivity index (χ2v) is 5.84. The van der Waals surface area contributed by atoms with Crippen LogP contribution in [0.3, 0.4) is 0 Å². The monoisotopic (exact) mass is 311 g/mol. The van der Waals surface area contributed by atoms with Gasteiger partial charge in [0.05, 0.1) is 6.04 Å². The number of carbonyl (C=O) groups excluding carboxylic acids is 1. The van der Waals surface area contributed by atoms with Crippen LogP contribution in [0.4, 0.5) is 0 Å². The van der Waals surface area contributed by atoms with E-state index in [1.54, 1.807) is 11.9 Å². The quantitative estimate of drug-likeness (QED) is 0.296. The van der Waals surface area contributed by atoms with Crippen molar-refractivity contribution in [3.8, 4) is 0 Å². The van der Waals surface area contributed by atoms with Gasteiger partial charge in [-0.15, -0.1) is 0 Å². The van der Waals surface area contributed by atoms with Crippen molar-refractivity contribution in [3.63, 3.8) is 0 Å². The molecule has 8 N–H and O–H groups in total. The second-order valence-electron chi connectivity index (χ2n) is 5.84. The highest BCUT2D eigenvalue weighted by Gasteiger charge is 2.69. The van der Waals surface area contributed by atoms with Crippen LogP contribution in [0.15, 0.2) is 9.98 Å². The highest BCUT2D eigenvalue weighted by molar-refractivity contribution is 5.87. The molecule has 0 unspecified atom stereocenters. The molecule has 10 heteroatoms. The standard InChI is InChI=1S/C12H21N7O3/c1-15-7(20)3-2-6-8-12(18-9(13)17-8)11(21,22)4-5-19(12)10(14)16-6/h6,8,21-22H,2-5H2,1H3,(H2,14,16)(H,15,20)(H3,13,17,18)/t6-,8-,12-/m0/s1. The van der Waals surface area contributed by atoms with Crippen LogP contribution in [-0.4, -0.2) is 70.1 Å². The van der Waals surface area contributed by atoms with Crippen molar-refractivity contribution in [3.05, 3.63) is 0 Å². The summed E-state index contributed by atoms with van der Waals surface area (Å²) in [6.07, 6.45) is 0.719. The fraction of sp³-hybridized carbons (Fsp3) is 0.750. The molecular weight excluding hydrogens is 290 g/mol. The third-order valence-corrected chi connectivity index (χ3v) is 4.63. The highest BCUT2D eigenvalue weighted by atomic mass is 16.5. The van der Waals surface area contributed by atoms with Gasteiger partial charge < -0.3 is 37.2 Å². The van der Waals surface area contributed by atoms with E-state index in [0.717, 1.165) is 0 Å². The van der Waals surface area contributed by atoms with E-state index in [2.05, 4.69) is 20.6 Å². The normalized spacial score (nSPS) is 35.1. The molecule has 1 amide bonds. The maximum atomic E-state index is 11.5. The number of hydrogen-bond donors (Lipinski definition) is 6. The van der Waals surface area contributed by atoms with Gasteiger partial charge in [0, 0.05) is 26.4 Å². The van der Waals surface area contributed by atoms with E-state index < -0.39 is 23.5 Å². The van der Waals surface area contributed by atoms with Crippen LogP contribution < -0.4 is 22.1 Å². The van der Waals surface area contributed by atoms with Crippen LogP contribution in [0, 0.1) is 0 Å². The Morgan fingerprint density at radius 1 is 1.50 bits per heavy atom. The van der Waals surface area contributed by atoms with Crippen LogP contribution in [0.2, 0.25) is 0 Å². The van der Waals surface area contributed by atoms with Crippen molar-refractivity contribution in [2.24, 2.45) is 21.5 Å². The highest BCUT2D eigenvalue weighted by Crippen LogP contribution is 2.45. The predicted molar refractivity (Wildman–Crippen MR) is 78.5 cm³/mol. The summed E-state index contributed by atoms with van der Waals surface area (Å²) in [5.41, 5.74) is 10.4. The Balaban J connectivity index is 1.95. The Morgan fingerprint density at radius 3 is 2.91 bits per heavy atom. The number of rotatable bonds is 3. The number of nitrogens with one attached hydrogen (secondary N) is 2. The average molecular weight is 311 g/mol. The van der Waals surface area contributed by atoms with Crippen molar-refractivity contribution in [1.82, 2.24) is 15.5 Å². The molecule has 1 fully saturated rings. The number of guanidine groups is 2. The molecular formula is C12H21N7O3. The van der Waals surface area contributed by atoms with Crippen LogP contribution in [0.25, 0.3) is 0 Å². The molecule has 0 aromatic heterocycles. The summed E-state index contributed by atoms with van der Waals surface area (Å²) in [5.74, 6) is -1.87. The Kier molecular flexibility index (Phi) is 3.18. The summed E-state index contributed by atoms with van der Waals surface area (Å²) in [4.78, 5) is 21.7. The molecule has 3 rings (SSSR count). The minimum Gasteiger partial charge on any atom is -0.370 e. The molecule has 1 spiro atoms. The molecule has 0 saturated carbocycles. The molecule has 0 radical (unpaired) electrons. The zero-order valence-electron chi connectivity index (χ0n) is 12.3. The topological polar surface area (TPSA) is 162 Å². The van der Waals surface area contributed by atoms with Crippen molar-refractivity contribution >= 4 is 17.8 Å². The van der Waals surface area contributed by atoms with Gasteiger partial charge in [0.15, 0.2) is 17.6 Å². The lowest BCUT2D eigenvalue weighted by Gasteiger charge is -2.48. The molecule has 0 bridgehead atoms. The van der Waals surface area contributed by atoms with Crippen molar-refractivity contribution < 1.29 is 15.0 Å². The molecule has 0 aromatic rings. The molecule has 3 aliphatic rings. The van der Waals surface area contributed by atoms with Crippen LogP contribution >= 0.6 is 0 Å². The zero-order valence-corrected chi connectivity index (χ0v) is 12.3. The van der Waals surface area contributed by atoms with Gasteiger partial charge in [0.2, 0.25) is 11.7 Å². The van der Waals surface area contributed by atoms with Gasteiger partial charge >= 0.3 is 0 Å². The van der Waals surface area contributed by atoms with Crippen LogP contribution in [0.5, 0.6) is 0 Å². The van der Waals surface area contributed by atoms with Crippen molar-refractivity contribution in [2.75, 3.05) is 13.6 Å². The molecule has 0 aromatic carbocycles. The van der Waals surface area contributed by atoms with Crippen molar-refractivity contribution in [2.45, 2.75) is 42.8 Å². The third-order valence-electron chi connectivity index (χ3n) is 4.63. The Labute approximate surface area is 127 Å². The number of aliphatic hydroxyl groups is 2. The molecule has 122 valence electrons. The summed E-state index contributed by atoms with van der Waals surface area (Å²) in [6, 6.07) is -1.08. The van der Waals surface area contributed by atoms with Gasteiger partial charge in [-0.1, -0.05) is 0 Å². The summed E-state index contributed by atoms with van der Waals surface area (Å²) < 4.78 is 0. The molecule has 3 heterocycles. The number of aliphatic imine (C=N–C) groups is 2. The van der Waals surface area contributed by atoms with E-state index >= 15 is 0 Å². The van der Waals surface area contributed by atoms with E-state index in [4.69, 9.17) is 11.5 Å². The smallest absolute Gasteiger partial charge is 0.219 e. The fourth-order valence-corrected chi connectivity index (χ4v) is 3.56. The zero-order chi connectivity index (χ0) is 16.1. The first-order valence-corrected chi connectivity index (χ1v) is 7.19. The number of nitrogens with zero attached hydrogens (tertiary/aromatic N) is 3. The average Bonchev–Trinajstić information content (AvgIpc) is 2.94. The van der Waals surface area contributed by atoms with E-state index in [9.17, 15) is 15.0 Å². The van der Waals surface area contributed by atoms with Crippen molar-refractivity contribution in [1.29, 1.82) is 0 Å². The lowest BCUT2D eigenvalue weighted by atomic mass is 9.85. The fourth-order valence-electron chi connectivity index (χ4n) is 3.56. The maximum Gasteiger partial charge on any atom is 0.219 e. The first-order valence-electron chi connectivity index (χ1n) is 7.19. The number of nitrogens with two attached hydrogens (primary N) is 2. The minimum absolute atomic E-state index is 0.0949. The molecule has 10 nitrogen and oxygen atoms in total.